The van der Waals surface area contributed by atoms with Crippen molar-refractivity contribution in [3.63, 3.8) is 0 Å². The summed E-state index contributed by atoms with van der Waals surface area (Å²) < 4.78 is 10.3. The molecule has 2 aromatic carbocycles. The van der Waals surface area contributed by atoms with E-state index < -0.39 is 29.3 Å². The summed E-state index contributed by atoms with van der Waals surface area (Å²) in [6, 6.07) is 21.8. The van der Waals surface area contributed by atoms with Gasteiger partial charge in [0.1, 0.15) is 12.7 Å². The number of carbonyl (C=O) groups is 2. The largest absolute Gasteiger partial charge is 0.465 e. The van der Waals surface area contributed by atoms with Gasteiger partial charge in [0, 0.05) is 24.9 Å². The monoisotopic (exact) mass is 493 g/mol. The number of ether oxygens (including phenoxy) is 2. The number of nitriles is 3. The molecule has 2 N–H and O–H groups in total. The standard InChI is InChI=1S/C28H23N5O4/c1-36-26(34)20-9-7-19(8-10-20)24-23-14-33(27(35)37-15-18-5-3-2-4-6-18)12-11-21(23)22(13-29)25(32)28(24,16-30)17-31/h2-11,23-24H,12,14-15,32H2,1H3. The van der Waals surface area contributed by atoms with Crippen molar-refractivity contribution in [1.29, 1.82) is 15.8 Å². The van der Waals surface area contributed by atoms with E-state index in [1.54, 1.807) is 30.3 Å². The Morgan fingerprint density at radius 2 is 1.76 bits per heavy atom. The predicted octanol–water partition coefficient (Wildman–Crippen LogP) is 3.54. The number of hydrogen-bond donors (Lipinski definition) is 1. The molecule has 0 radical (unpaired) electrons. The lowest BCUT2D eigenvalue weighted by molar-refractivity contribution is 0.0600. The Labute approximate surface area is 214 Å². The average Bonchev–Trinajstić information content (AvgIpc) is 2.95. The molecule has 2 atom stereocenters. The van der Waals surface area contributed by atoms with Crippen LogP contribution in [0.15, 0.2) is 77.5 Å². The molecule has 4 rings (SSSR count). The highest BCUT2D eigenvalue weighted by atomic mass is 16.6. The number of amides is 1. The Morgan fingerprint density at radius 1 is 1.08 bits per heavy atom. The molecule has 0 bridgehead atoms. The van der Waals surface area contributed by atoms with Crippen LogP contribution in [0.1, 0.15) is 27.4 Å². The highest BCUT2D eigenvalue weighted by Crippen LogP contribution is 2.54. The van der Waals surface area contributed by atoms with Gasteiger partial charge < -0.3 is 20.1 Å². The zero-order valence-electron chi connectivity index (χ0n) is 20.0. The summed E-state index contributed by atoms with van der Waals surface area (Å²) in [7, 11) is 1.27. The van der Waals surface area contributed by atoms with Crippen molar-refractivity contribution in [3.05, 3.63) is 94.2 Å². The van der Waals surface area contributed by atoms with Crippen molar-refractivity contribution >= 4 is 12.1 Å². The van der Waals surface area contributed by atoms with Gasteiger partial charge in [-0.3, -0.25) is 0 Å². The van der Waals surface area contributed by atoms with Crippen LogP contribution >= 0.6 is 0 Å². The maximum absolute atomic E-state index is 12.9. The van der Waals surface area contributed by atoms with Gasteiger partial charge in [0.05, 0.1) is 36.1 Å². The summed E-state index contributed by atoms with van der Waals surface area (Å²) in [6.45, 7) is 0.372. The summed E-state index contributed by atoms with van der Waals surface area (Å²) >= 11 is 0. The average molecular weight is 494 g/mol. The fourth-order valence-corrected chi connectivity index (χ4v) is 4.96. The molecular formula is C28H23N5O4. The molecule has 9 heteroatoms. The van der Waals surface area contributed by atoms with E-state index in [9.17, 15) is 25.4 Å². The molecule has 0 aromatic heterocycles. The molecule has 2 unspecified atom stereocenters. The molecule has 0 saturated heterocycles. The van der Waals surface area contributed by atoms with E-state index in [-0.39, 0.29) is 31.0 Å². The highest BCUT2D eigenvalue weighted by molar-refractivity contribution is 5.89. The van der Waals surface area contributed by atoms with Crippen LogP contribution in [-0.2, 0) is 16.1 Å². The van der Waals surface area contributed by atoms with Gasteiger partial charge in [0.25, 0.3) is 0 Å². The molecule has 0 saturated carbocycles. The number of hydrogen-bond acceptors (Lipinski definition) is 8. The lowest BCUT2D eigenvalue weighted by Crippen LogP contribution is -2.49. The third-order valence-corrected chi connectivity index (χ3v) is 6.82. The van der Waals surface area contributed by atoms with Crippen LogP contribution in [0.5, 0.6) is 0 Å². The molecule has 184 valence electrons. The van der Waals surface area contributed by atoms with Crippen LogP contribution in [0.3, 0.4) is 0 Å². The number of fused-ring (bicyclic) bond motifs is 1. The number of carbonyl (C=O) groups excluding carboxylic acids is 2. The van der Waals surface area contributed by atoms with E-state index in [4.69, 9.17) is 15.2 Å². The Hall–Kier alpha value is -5.07. The number of rotatable bonds is 4. The number of nitrogens with zero attached hydrogens (tertiary/aromatic N) is 4. The summed E-state index contributed by atoms with van der Waals surface area (Å²) in [5.41, 5.74) is 6.69. The van der Waals surface area contributed by atoms with Crippen LogP contribution < -0.4 is 5.73 Å². The lowest BCUT2D eigenvalue weighted by Gasteiger charge is -2.45. The lowest BCUT2D eigenvalue weighted by atomic mass is 9.58. The molecule has 1 heterocycles. The van der Waals surface area contributed by atoms with Crippen LogP contribution in [0.4, 0.5) is 4.79 Å². The minimum atomic E-state index is -1.86. The minimum absolute atomic E-state index is 0.0767. The first-order chi connectivity index (χ1) is 17.9. The number of benzene rings is 2. The smallest absolute Gasteiger partial charge is 0.410 e. The number of nitrogens with two attached hydrogens (primary N) is 1. The molecule has 1 amide bonds. The molecule has 1 aliphatic heterocycles. The second kappa shape index (κ2) is 10.3. The Balaban J connectivity index is 1.73. The fraction of sp³-hybridized carbons (Fsp3) is 0.250. The van der Waals surface area contributed by atoms with E-state index in [1.807, 2.05) is 30.3 Å². The van der Waals surface area contributed by atoms with Crippen LogP contribution in [0, 0.1) is 45.3 Å². The van der Waals surface area contributed by atoms with Gasteiger partial charge in [0.15, 0.2) is 5.41 Å². The molecule has 37 heavy (non-hydrogen) atoms. The number of esters is 1. The van der Waals surface area contributed by atoms with Gasteiger partial charge in [-0.05, 0) is 28.8 Å². The topological polar surface area (TPSA) is 153 Å². The van der Waals surface area contributed by atoms with Crippen molar-refractivity contribution in [1.82, 2.24) is 4.90 Å². The molecular weight excluding hydrogens is 470 g/mol. The molecule has 0 spiro atoms. The summed E-state index contributed by atoms with van der Waals surface area (Å²) in [5, 5.41) is 30.3. The quantitative estimate of drug-likeness (QED) is 0.635. The van der Waals surface area contributed by atoms with Gasteiger partial charge in [-0.2, -0.15) is 15.8 Å². The Morgan fingerprint density at radius 3 is 2.35 bits per heavy atom. The third kappa shape index (κ3) is 4.37. The van der Waals surface area contributed by atoms with Crippen LogP contribution in [0.25, 0.3) is 0 Å². The van der Waals surface area contributed by atoms with Crippen molar-refractivity contribution < 1.29 is 19.1 Å². The first-order valence-corrected chi connectivity index (χ1v) is 11.5. The molecule has 2 aromatic rings. The van der Waals surface area contributed by atoms with Gasteiger partial charge in [-0.1, -0.05) is 48.5 Å². The van der Waals surface area contributed by atoms with Crippen molar-refractivity contribution in [3.8, 4) is 18.2 Å². The Kier molecular flexibility index (Phi) is 6.95. The van der Waals surface area contributed by atoms with E-state index in [0.29, 0.717) is 16.7 Å². The minimum Gasteiger partial charge on any atom is -0.465 e. The zero-order chi connectivity index (χ0) is 26.6. The SMILES string of the molecule is COC(=O)c1ccc(C2C3CN(C(=O)OCc4ccccc4)CC=C3C(C#N)=C(N)C2(C#N)C#N)cc1. The number of allylic oxidation sites excluding steroid dienone is 2. The second-order valence-corrected chi connectivity index (χ2v) is 8.73. The second-order valence-electron chi connectivity index (χ2n) is 8.73. The van der Waals surface area contributed by atoms with Crippen molar-refractivity contribution in [2.24, 2.45) is 17.1 Å². The highest BCUT2D eigenvalue weighted by Gasteiger charge is 2.54. The van der Waals surface area contributed by atoms with Crippen LogP contribution in [-0.4, -0.2) is 37.2 Å². The van der Waals surface area contributed by atoms with Crippen molar-refractivity contribution in [2.45, 2.75) is 12.5 Å². The van der Waals surface area contributed by atoms with Gasteiger partial charge in [-0.25, -0.2) is 9.59 Å². The van der Waals surface area contributed by atoms with Crippen LogP contribution in [0.2, 0.25) is 0 Å². The molecule has 9 nitrogen and oxygen atoms in total. The molecule has 1 aliphatic carbocycles. The first-order valence-electron chi connectivity index (χ1n) is 11.5. The first kappa shape index (κ1) is 25.0. The summed E-state index contributed by atoms with van der Waals surface area (Å²) in [4.78, 5) is 26.4. The van der Waals surface area contributed by atoms with Gasteiger partial charge in [-0.15, -0.1) is 0 Å². The van der Waals surface area contributed by atoms with E-state index in [1.165, 1.54) is 12.0 Å². The molecule has 0 fully saturated rings. The van der Waals surface area contributed by atoms with Gasteiger partial charge in [0.2, 0.25) is 0 Å². The summed E-state index contributed by atoms with van der Waals surface area (Å²) in [6.07, 6.45) is 1.16. The van der Waals surface area contributed by atoms with E-state index in [0.717, 1.165) is 5.56 Å². The molecule has 2 aliphatic rings. The third-order valence-electron chi connectivity index (χ3n) is 6.82. The normalized spacial score (nSPS) is 19.8. The number of methoxy groups -OCH3 is 1. The predicted molar refractivity (Wildman–Crippen MR) is 131 cm³/mol. The Bertz CT molecular complexity index is 1390. The summed E-state index contributed by atoms with van der Waals surface area (Å²) in [5.74, 6) is -1.94. The maximum Gasteiger partial charge on any atom is 0.410 e. The maximum atomic E-state index is 12.9. The van der Waals surface area contributed by atoms with E-state index >= 15 is 0 Å². The van der Waals surface area contributed by atoms with E-state index in [2.05, 4.69) is 18.2 Å². The zero-order valence-corrected chi connectivity index (χ0v) is 20.0. The fourth-order valence-electron chi connectivity index (χ4n) is 4.96. The van der Waals surface area contributed by atoms with Gasteiger partial charge >= 0.3 is 12.1 Å². The van der Waals surface area contributed by atoms with Crippen molar-refractivity contribution in [2.75, 3.05) is 20.2 Å².